The molecule has 4 rings (SSSR count). The third-order valence-electron chi connectivity index (χ3n) is 7.71. The van der Waals surface area contributed by atoms with Crippen LogP contribution < -0.4 is 4.74 Å². The number of hydrogen-bond donors (Lipinski definition) is 0. The minimum absolute atomic E-state index is 0.398. The predicted molar refractivity (Wildman–Crippen MR) is 129 cm³/mol. The van der Waals surface area contributed by atoms with Gasteiger partial charge in [0.1, 0.15) is 5.75 Å². The second-order valence-electron chi connectivity index (χ2n) is 10.0. The van der Waals surface area contributed by atoms with Crippen LogP contribution in [0.1, 0.15) is 69.4 Å². The van der Waals surface area contributed by atoms with Crippen LogP contribution in [0.2, 0.25) is 0 Å². The molecule has 1 aromatic rings. The van der Waals surface area contributed by atoms with Crippen molar-refractivity contribution in [3.8, 4) is 5.75 Å². The molecule has 2 saturated heterocycles. The monoisotopic (exact) mass is 444 g/mol. The van der Waals surface area contributed by atoms with E-state index >= 15 is 0 Å². The van der Waals surface area contributed by atoms with Gasteiger partial charge in [0, 0.05) is 44.5 Å². The minimum Gasteiger partial charge on any atom is -0.496 e. The molecule has 0 N–H and O–H groups in total. The Morgan fingerprint density at radius 3 is 2.53 bits per heavy atom. The Labute approximate surface area is 195 Å². The zero-order valence-corrected chi connectivity index (χ0v) is 20.4. The van der Waals surface area contributed by atoms with E-state index in [2.05, 4.69) is 28.0 Å². The smallest absolute Gasteiger partial charge is 0.124 e. The number of nitrogens with zero attached hydrogens (tertiary/aromatic N) is 2. The maximum absolute atomic E-state index is 6.02. The summed E-state index contributed by atoms with van der Waals surface area (Å²) in [7, 11) is 1.74. The standard InChI is InChI=1S/C27H44N2O3/c1-3-31-21-24-17-23(10-11-27(24)30-2)19-28(20-26-9-6-16-32-26)18-22-12-14-29(15-13-22)25-7-4-5-8-25/h10-11,17,22,25-26H,3-9,12-16,18-21H2,1-2H3. The third-order valence-corrected chi connectivity index (χ3v) is 7.71. The van der Waals surface area contributed by atoms with E-state index in [1.807, 2.05) is 6.92 Å². The van der Waals surface area contributed by atoms with Gasteiger partial charge < -0.3 is 19.1 Å². The highest BCUT2D eigenvalue weighted by Crippen LogP contribution is 2.29. The maximum Gasteiger partial charge on any atom is 0.124 e. The molecule has 2 aliphatic heterocycles. The van der Waals surface area contributed by atoms with Crippen LogP contribution in [-0.4, -0.2) is 68.4 Å². The molecule has 0 radical (unpaired) electrons. The first-order valence-electron chi connectivity index (χ1n) is 13.1. The van der Waals surface area contributed by atoms with Crippen LogP contribution in [0.4, 0.5) is 0 Å². The first-order valence-corrected chi connectivity index (χ1v) is 13.1. The van der Waals surface area contributed by atoms with Crippen molar-refractivity contribution < 1.29 is 14.2 Å². The first-order chi connectivity index (χ1) is 15.7. The van der Waals surface area contributed by atoms with Crippen LogP contribution in [0.25, 0.3) is 0 Å². The van der Waals surface area contributed by atoms with Gasteiger partial charge in [-0.25, -0.2) is 0 Å². The Bertz CT molecular complexity index is 677. The highest BCUT2D eigenvalue weighted by molar-refractivity contribution is 5.37. The lowest BCUT2D eigenvalue weighted by atomic mass is 9.94. The van der Waals surface area contributed by atoms with Crippen LogP contribution in [0.5, 0.6) is 5.75 Å². The second-order valence-corrected chi connectivity index (χ2v) is 10.0. The van der Waals surface area contributed by atoms with Crippen LogP contribution in [0.3, 0.4) is 0 Å². The highest BCUT2D eigenvalue weighted by atomic mass is 16.5. The van der Waals surface area contributed by atoms with E-state index in [0.29, 0.717) is 12.7 Å². The summed E-state index contributed by atoms with van der Waals surface area (Å²) in [6.45, 7) is 10.1. The molecule has 2 heterocycles. The normalized spacial score (nSPS) is 23.4. The van der Waals surface area contributed by atoms with Crippen molar-refractivity contribution >= 4 is 0 Å². The highest BCUT2D eigenvalue weighted by Gasteiger charge is 2.29. The average molecular weight is 445 g/mol. The molecular formula is C27H44N2O3. The topological polar surface area (TPSA) is 34.2 Å². The Kier molecular flexibility index (Phi) is 9.27. The Morgan fingerprint density at radius 1 is 1.03 bits per heavy atom. The van der Waals surface area contributed by atoms with Gasteiger partial charge >= 0.3 is 0 Å². The molecule has 0 amide bonds. The summed E-state index contributed by atoms with van der Waals surface area (Å²) in [6.07, 6.45) is 11.2. The number of piperidine rings is 1. The first kappa shape index (κ1) is 24.0. The van der Waals surface area contributed by atoms with Gasteiger partial charge in [-0.15, -0.1) is 0 Å². The van der Waals surface area contributed by atoms with Crippen LogP contribution in [0, 0.1) is 5.92 Å². The maximum atomic E-state index is 6.02. The van der Waals surface area contributed by atoms with Crippen molar-refractivity contribution in [1.82, 2.24) is 9.80 Å². The molecule has 3 fully saturated rings. The Morgan fingerprint density at radius 2 is 1.84 bits per heavy atom. The number of ether oxygens (including phenoxy) is 3. The fourth-order valence-corrected chi connectivity index (χ4v) is 5.93. The zero-order chi connectivity index (χ0) is 22.2. The van der Waals surface area contributed by atoms with E-state index in [1.165, 1.54) is 76.6 Å². The molecule has 1 aliphatic carbocycles. The van der Waals surface area contributed by atoms with E-state index < -0.39 is 0 Å². The van der Waals surface area contributed by atoms with E-state index in [0.717, 1.165) is 49.6 Å². The molecule has 1 unspecified atom stereocenters. The molecule has 0 aromatic heterocycles. The minimum atomic E-state index is 0.398. The second kappa shape index (κ2) is 12.4. The molecule has 180 valence electrons. The quantitative estimate of drug-likeness (QED) is 0.487. The summed E-state index contributed by atoms with van der Waals surface area (Å²) in [6, 6.07) is 7.48. The SMILES string of the molecule is CCOCc1cc(CN(CC2CCN(C3CCCC3)CC2)CC2CCCO2)ccc1OC. The molecule has 1 atom stereocenters. The molecule has 0 spiro atoms. The molecule has 5 nitrogen and oxygen atoms in total. The third kappa shape index (κ3) is 6.69. The zero-order valence-electron chi connectivity index (χ0n) is 20.4. The van der Waals surface area contributed by atoms with E-state index in [9.17, 15) is 0 Å². The van der Waals surface area contributed by atoms with Crippen molar-refractivity contribution in [2.75, 3.05) is 46.5 Å². The molecule has 3 aliphatic rings. The summed E-state index contributed by atoms with van der Waals surface area (Å²) in [5.41, 5.74) is 2.50. The number of rotatable bonds is 11. The largest absolute Gasteiger partial charge is 0.496 e. The van der Waals surface area contributed by atoms with Gasteiger partial charge in [-0.3, -0.25) is 4.90 Å². The molecule has 5 heteroatoms. The predicted octanol–water partition coefficient (Wildman–Crippen LogP) is 4.87. The number of methoxy groups -OCH3 is 1. The average Bonchev–Trinajstić information content (AvgIpc) is 3.53. The van der Waals surface area contributed by atoms with Crippen LogP contribution in [-0.2, 0) is 22.6 Å². The van der Waals surface area contributed by atoms with Crippen LogP contribution >= 0.6 is 0 Å². The van der Waals surface area contributed by atoms with Gasteiger partial charge in [-0.05, 0) is 82.2 Å². The Balaban J connectivity index is 1.37. The molecule has 1 aromatic carbocycles. The summed E-state index contributed by atoms with van der Waals surface area (Å²) >= 11 is 0. The lowest BCUT2D eigenvalue weighted by Crippen LogP contribution is -2.43. The van der Waals surface area contributed by atoms with Crippen molar-refractivity contribution in [3.05, 3.63) is 29.3 Å². The fraction of sp³-hybridized carbons (Fsp3) is 0.778. The van der Waals surface area contributed by atoms with Crippen molar-refractivity contribution in [2.24, 2.45) is 5.92 Å². The molecular weight excluding hydrogens is 400 g/mol. The lowest BCUT2D eigenvalue weighted by molar-refractivity contribution is 0.0539. The number of likely N-dealkylation sites (tertiary alicyclic amines) is 1. The number of benzene rings is 1. The lowest BCUT2D eigenvalue weighted by Gasteiger charge is -2.38. The van der Waals surface area contributed by atoms with E-state index in [-0.39, 0.29) is 0 Å². The summed E-state index contributed by atoms with van der Waals surface area (Å²) in [4.78, 5) is 5.45. The van der Waals surface area contributed by atoms with Gasteiger partial charge in [-0.2, -0.15) is 0 Å². The summed E-state index contributed by atoms with van der Waals surface area (Å²) in [5.74, 6) is 1.72. The van der Waals surface area contributed by atoms with Crippen molar-refractivity contribution in [1.29, 1.82) is 0 Å². The molecule has 32 heavy (non-hydrogen) atoms. The fourth-order valence-electron chi connectivity index (χ4n) is 5.93. The van der Waals surface area contributed by atoms with Gasteiger partial charge in [-0.1, -0.05) is 18.9 Å². The van der Waals surface area contributed by atoms with Crippen LogP contribution in [0.15, 0.2) is 18.2 Å². The number of hydrogen-bond acceptors (Lipinski definition) is 5. The molecule has 0 bridgehead atoms. The van der Waals surface area contributed by atoms with Crippen molar-refractivity contribution in [3.63, 3.8) is 0 Å². The van der Waals surface area contributed by atoms with Gasteiger partial charge in [0.05, 0.1) is 19.8 Å². The summed E-state index contributed by atoms with van der Waals surface area (Å²) in [5, 5.41) is 0. The van der Waals surface area contributed by atoms with Gasteiger partial charge in [0.2, 0.25) is 0 Å². The molecule has 1 saturated carbocycles. The van der Waals surface area contributed by atoms with Gasteiger partial charge in [0.15, 0.2) is 0 Å². The van der Waals surface area contributed by atoms with E-state index in [4.69, 9.17) is 14.2 Å². The summed E-state index contributed by atoms with van der Waals surface area (Å²) < 4.78 is 17.3. The van der Waals surface area contributed by atoms with Crippen molar-refractivity contribution in [2.45, 2.75) is 83.6 Å². The van der Waals surface area contributed by atoms with Gasteiger partial charge in [0.25, 0.3) is 0 Å². The van der Waals surface area contributed by atoms with E-state index in [1.54, 1.807) is 7.11 Å². The Hall–Kier alpha value is -1.14.